The maximum atomic E-state index is 13.0. The molecule has 2 aromatic carbocycles. The number of fused-ring (bicyclic) bond motifs is 1. The molecular weight excluding hydrogens is 328 g/mol. The average Bonchev–Trinajstić information content (AvgIpc) is 2.71. The van der Waals surface area contributed by atoms with Crippen LogP contribution in [0.3, 0.4) is 0 Å². The Labute approximate surface area is 151 Å². The van der Waals surface area contributed by atoms with Crippen molar-refractivity contribution in [1.82, 2.24) is 19.8 Å². The smallest absolute Gasteiger partial charge is 0.260 e. The minimum Gasteiger partial charge on any atom is -0.335 e. The second kappa shape index (κ2) is 6.72. The topological polar surface area (TPSA) is 67.2 Å². The van der Waals surface area contributed by atoms with E-state index in [0.29, 0.717) is 29.6 Å². The van der Waals surface area contributed by atoms with E-state index < -0.39 is 0 Å². The molecule has 26 heavy (non-hydrogen) atoms. The number of piperazine rings is 1. The molecule has 1 fully saturated rings. The fraction of sp³-hybridized carbons (Fsp3) is 0.250. The number of carbonyl (C=O) groups is 1. The first-order valence-corrected chi connectivity index (χ1v) is 8.66. The number of amides is 1. The molecule has 0 aliphatic carbocycles. The van der Waals surface area contributed by atoms with E-state index in [0.717, 1.165) is 6.54 Å². The van der Waals surface area contributed by atoms with Crippen LogP contribution < -0.4 is 10.9 Å². The molecule has 4 rings (SSSR count). The molecule has 1 unspecified atom stereocenters. The third-order valence-electron chi connectivity index (χ3n) is 4.83. The molecule has 1 amide bonds. The van der Waals surface area contributed by atoms with E-state index in [2.05, 4.69) is 22.4 Å². The van der Waals surface area contributed by atoms with Crippen LogP contribution in [0.1, 0.15) is 22.0 Å². The largest absolute Gasteiger partial charge is 0.335 e. The van der Waals surface area contributed by atoms with Crippen molar-refractivity contribution in [3.63, 3.8) is 0 Å². The highest BCUT2D eigenvalue weighted by Crippen LogP contribution is 2.19. The molecule has 0 saturated carbocycles. The third-order valence-corrected chi connectivity index (χ3v) is 4.83. The quantitative estimate of drug-likeness (QED) is 0.766. The van der Waals surface area contributed by atoms with Gasteiger partial charge in [0, 0.05) is 38.3 Å². The van der Waals surface area contributed by atoms with E-state index in [9.17, 15) is 9.59 Å². The van der Waals surface area contributed by atoms with Crippen LogP contribution in [0.5, 0.6) is 0 Å². The average molecular weight is 348 g/mol. The Bertz CT molecular complexity index is 1010. The normalized spacial score (nSPS) is 17.4. The van der Waals surface area contributed by atoms with Crippen LogP contribution >= 0.6 is 0 Å². The Kier molecular flexibility index (Phi) is 4.26. The molecule has 3 aromatic rings. The Balaban J connectivity index is 1.60. The van der Waals surface area contributed by atoms with Gasteiger partial charge in [0.15, 0.2) is 0 Å². The fourth-order valence-electron chi connectivity index (χ4n) is 3.37. The van der Waals surface area contributed by atoms with Gasteiger partial charge in [0.1, 0.15) is 0 Å². The summed E-state index contributed by atoms with van der Waals surface area (Å²) >= 11 is 0. The number of nitrogens with one attached hydrogen (secondary N) is 1. The van der Waals surface area contributed by atoms with Crippen LogP contribution in [0.25, 0.3) is 10.9 Å². The van der Waals surface area contributed by atoms with E-state index in [1.165, 1.54) is 16.5 Å². The van der Waals surface area contributed by atoms with Gasteiger partial charge in [-0.2, -0.15) is 0 Å². The maximum absolute atomic E-state index is 13.0. The molecular formula is C20H20N4O2. The van der Waals surface area contributed by atoms with Crippen molar-refractivity contribution >= 4 is 16.8 Å². The predicted octanol–water partition coefficient (Wildman–Crippen LogP) is 1.72. The zero-order valence-electron chi connectivity index (χ0n) is 14.6. The van der Waals surface area contributed by atoms with Crippen molar-refractivity contribution < 1.29 is 4.79 Å². The number of benzene rings is 2. The molecule has 1 saturated heterocycles. The lowest BCUT2D eigenvalue weighted by molar-refractivity contribution is 0.0703. The second-order valence-electron chi connectivity index (χ2n) is 6.56. The highest BCUT2D eigenvalue weighted by molar-refractivity contribution is 5.97. The van der Waals surface area contributed by atoms with Crippen LogP contribution in [-0.4, -0.2) is 40.0 Å². The summed E-state index contributed by atoms with van der Waals surface area (Å²) in [5.41, 5.74) is 2.18. The van der Waals surface area contributed by atoms with E-state index in [4.69, 9.17) is 0 Å². The zero-order chi connectivity index (χ0) is 18.1. The summed E-state index contributed by atoms with van der Waals surface area (Å²) in [6.07, 6.45) is 1.48. The Hall–Kier alpha value is -2.99. The van der Waals surface area contributed by atoms with Crippen LogP contribution in [0.15, 0.2) is 59.7 Å². The number of aromatic nitrogens is 2. The Morgan fingerprint density at radius 2 is 2.00 bits per heavy atom. The first-order chi connectivity index (χ1) is 12.6. The van der Waals surface area contributed by atoms with Gasteiger partial charge in [-0.1, -0.05) is 30.3 Å². The van der Waals surface area contributed by atoms with Gasteiger partial charge >= 0.3 is 0 Å². The summed E-state index contributed by atoms with van der Waals surface area (Å²) in [4.78, 5) is 31.2. The predicted molar refractivity (Wildman–Crippen MR) is 100 cm³/mol. The minimum atomic E-state index is -0.111. The van der Waals surface area contributed by atoms with E-state index >= 15 is 0 Å². The summed E-state index contributed by atoms with van der Waals surface area (Å²) in [5.74, 6) is -0.0307. The summed E-state index contributed by atoms with van der Waals surface area (Å²) < 4.78 is 1.44. The number of hydrogen-bond acceptors (Lipinski definition) is 4. The lowest BCUT2D eigenvalue weighted by Crippen LogP contribution is -2.48. The SMILES string of the molecule is Cn1cnc2cc(C(=O)N3CCNC(c4ccccc4)C3)ccc2c1=O. The van der Waals surface area contributed by atoms with Gasteiger partial charge in [0.05, 0.1) is 17.2 Å². The Morgan fingerprint density at radius 1 is 1.19 bits per heavy atom. The number of carbonyl (C=O) groups excluding carboxylic acids is 1. The Morgan fingerprint density at radius 3 is 2.81 bits per heavy atom. The van der Waals surface area contributed by atoms with Gasteiger partial charge in [0.2, 0.25) is 0 Å². The second-order valence-corrected chi connectivity index (χ2v) is 6.56. The molecule has 1 aliphatic heterocycles. The van der Waals surface area contributed by atoms with Crippen LogP contribution in [0.4, 0.5) is 0 Å². The molecule has 1 atom stereocenters. The lowest BCUT2D eigenvalue weighted by atomic mass is 10.0. The van der Waals surface area contributed by atoms with Crippen molar-refractivity contribution in [2.45, 2.75) is 6.04 Å². The first-order valence-electron chi connectivity index (χ1n) is 8.66. The molecule has 2 heterocycles. The van der Waals surface area contributed by atoms with Gasteiger partial charge in [0.25, 0.3) is 11.5 Å². The van der Waals surface area contributed by atoms with E-state index in [1.54, 1.807) is 25.2 Å². The fourth-order valence-corrected chi connectivity index (χ4v) is 3.37. The molecule has 132 valence electrons. The number of hydrogen-bond donors (Lipinski definition) is 1. The number of rotatable bonds is 2. The van der Waals surface area contributed by atoms with Gasteiger partial charge in [-0.15, -0.1) is 0 Å². The molecule has 6 nitrogen and oxygen atoms in total. The van der Waals surface area contributed by atoms with Crippen molar-refractivity contribution in [1.29, 1.82) is 0 Å². The van der Waals surface area contributed by atoms with Crippen molar-refractivity contribution in [2.75, 3.05) is 19.6 Å². The molecule has 6 heteroatoms. The maximum Gasteiger partial charge on any atom is 0.260 e. The van der Waals surface area contributed by atoms with E-state index in [1.807, 2.05) is 23.1 Å². The standard InChI is InChI=1S/C20H20N4O2/c1-23-13-22-17-11-15(7-8-16(17)20(23)26)19(25)24-10-9-21-18(12-24)14-5-3-2-4-6-14/h2-8,11,13,18,21H,9-10,12H2,1H3. The molecule has 0 bridgehead atoms. The number of nitrogens with zero attached hydrogens (tertiary/aromatic N) is 3. The van der Waals surface area contributed by atoms with Crippen LogP contribution in [-0.2, 0) is 7.05 Å². The number of aryl methyl sites for hydroxylation is 1. The molecule has 1 aromatic heterocycles. The van der Waals surface area contributed by atoms with Gasteiger partial charge in [-0.25, -0.2) is 4.98 Å². The summed E-state index contributed by atoms with van der Waals surface area (Å²) in [6.45, 7) is 2.02. The van der Waals surface area contributed by atoms with Gasteiger partial charge < -0.3 is 14.8 Å². The lowest BCUT2D eigenvalue weighted by Gasteiger charge is -2.34. The first kappa shape index (κ1) is 16.5. The highest BCUT2D eigenvalue weighted by atomic mass is 16.2. The van der Waals surface area contributed by atoms with Crippen molar-refractivity contribution in [3.8, 4) is 0 Å². The molecule has 1 aliphatic rings. The van der Waals surface area contributed by atoms with Crippen molar-refractivity contribution in [2.24, 2.45) is 7.05 Å². The molecule has 1 N–H and O–H groups in total. The van der Waals surface area contributed by atoms with Crippen molar-refractivity contribution in [3.05, 3.63) is 76.3 Å². The van der Waals surface area contributed by atoms with Gasteiger partial charge in [-0.3, -0.25) is 9.59 Å². The summed E-state index contributed by atoms with van der Waals surface area (Å²) in [7, 11) is 1.66. The molecule has 0 spiro atoms. The van der Waals surface area contributed by atoms with Gasteiger partial charge in [-0.05, 0) is 23.8 Å². The molecule has 0 radical (unpaired) electrons. The minimum absolute atomic E-state index is 0.0307. The summed E-state index contributed by atoms with van der Waals surface area (Å²) in [6, 6.07) is 15.4. The zero-order valence-corrected chi connectivity index (χ0v) is 14.6. The van der Waals surface area contributed by atoms with E-state index in [-0.39, 0.29) is 17.5 Å². The van der Waals surface area contributed by atoms with Crippen LogP contribution in [0, 0.1) is 0 Å². The van der Waals surface area contributed by atoms with Crippen LogP contribution in [0.2, 0.25) is 0 Å². The monoisotopic (exact) mass is 348 g/mol. The highest BCUT2D eigenvalue weighted by Gasteiger charge is 2.25. The third kappa shape index (κ3) is 2.99. The summed E-state index contributed by atoms with van der Waals surface area (Å²) in [5, 5.41) is 3.99.